The van der Waals surface area contributed by atoms with E-state index >= 15 is 0 Å². The molecule has 0 bridgehead atoms. The van der Waals surface area contributed by atoms with Gasteiger partial charge in [0.1, 0.15) is 6.04 Å². The summed E-state index contributed by atoms with van der Waals surface area (Å²) in [5.41, 5.74) is 3.00. The van der Waals surface area contributed by atoms with Crippen molar-refractivity contribution in [1.29, 1.82) is 0 Å². The molecule has 0 spiro atoms. The van der Waals surface area contributed by atoms with Crippen LogP contribution >= 0.6 is 11.6 Å². The Morgan fingerprint density at radius 1 is 0.927 bits per heavy atom. The van der Waals surface area contributed by atoms with Crippen LogP contribution in [0.25, 0.3) is 0 Å². The lowest BCUT2D eigenvalue weighted by Gasteiger charge is -2.33. The third-order valence-electron chi connectivity index (χ3n) is 7.13. The first kappa shape index (κ1) is 32.2. The van der Waals surface area contributed by atoms with Crippen LogP contribution in [0.5, 0.6) is 0 Å². The van der Waals surface area contributed by atoms with Gasteiger partial charge in [0.25, 0.3) is 0 Å². The van der Waals surface area contributed by atoms with Crippen molar-refractivity contribution in [2.24, 2.45) is 0 Å². The summed E-state index contributed by atoms with van der Waals surface area (Å²) in [6.45, 7) is 6.08. The Hall–Kier alpha value is -3.36. The second kappa shape index (κ2) is 15.0. The van der Waals surface area contributed by atoms with Crippen molar-refractivity contribution in [1.82, 2.24) is 10.2 Å². The fourth-order valence-electron chi connectivity index (χ4n) is 4.62. The number of anilines is 1. The zero-order valence-electron chi connectivity index (χ0n) is 24.2. The van der Waals surface area contributed by atoms with Crippen LogP contribution in [0.15, 0.2) is 78.9 Å². The molecule has 41 heavy (non-hydrogen) atoms. The number of halogens is 1. The summed E-state index contributed by atoms with van der Waals surface area (Å²) in [4.78, 5) is 29.1. The Labute approximate surface area is 249 Å². The van der Waals surface area contributed by atoms with E-state index in [4.69, 9.17) is 11.6 Å². The highest BCUT2D eigenvalue weighted by Gasteiger charge is 2.31. The van der Waals surface area contributed by atoms with E-state index in [1.807, 2.05) is 74.5 Å². The van der Waals surface area contributed by atoms with Crippen molar-refractivity contribution in [2.75, 3.05) is 17.1 Å². The average molecular weight is 598 g/mol. The number of hydrogen-bond donors (Lipinski definition) is 1. The SMILES string of the molecule is CC[C@@H](C)NC(=O)[C@H](Cc1ccccc1)N(Cc1ccccc1)C(=O)CCCN(c1cccc(Cl)c1C)S(C)(=O)=O. The maximum atomic E-state index is 13.9. The quantitative estimate of drug-likeness (QED) is 0.256. The lowest BCUT2D eigenvalue weighted by atomic mass is 10.0. The Morgan fingerprint density at radius 2 is 1.54 bits per heavy atom. The first-order chi connectivity index (χ1) is 19.5. The minimum atomic E-state index is -3.63. The molecule has 1 N–H and O–H groups in total. The van der Waals surface area contributed by atoms with E-state index in [2.05, 4.69) is 5.32 Å². The number of nitrogens with zero attached hydrogens (tertiary/aromatic N) is 2. The van der Waals surface area contributed by atoms with Gasteiger partial charge in [-0.1, -0.05) is 85.3 Å². The Kier molecular flexibility index (Phi) is 11.8. The average Bonchev–Trinajstić information content (AvgIpc) is 2.95. The molecule has 0 heterocycles. The molecule has 0 aliphatic carbocycles. The topological polar surface area (TPSA) is 86.8 Å². The van der Waals surface area contributed by atoms with Crippen LogP contribution in [0.4, 0.5) is 5.69 Å². The fraction of sp³-hybridized carbons (Fsp3) is 0.375. The van der Waals surface area contributed by atoms with Crippen molar-refractivity contribution >= 4 is 39.1 Å². The van der Waals surface area contributed by atoms with Crippen LogP contribution in [-0.2, 0) is 32.6 Å². The molecule has 0 fully saturated rings. The zero-order valence-corrected chi connectivity index (χ0v) is 25.8. The van der Waals surface area contributed by atoms with Gasteiger partial charge in [-0.2, -0.15) is 0 Å². The molecular weight excluding hydrogens is 558 g/mol. The van der Waals surface area contributed by atoms with E-state index in [9.17, 15) is 18.0 Å². The van der Waals surface area contributed by atoms with Crippen molar-refractivity contribution in [2.45, 2.75) is 65.1 Å². The fourth-order valence-corrected chi connectivity index (χ4v) is 5.81. The van der Waals surface area contributed by atoms with Crippen molar-refractivity contribution < 1.29 is 18.0 Å². The van der Waals surface area contributed by atoms with Crippen LogP contribution in [0.1, 0.15) is 49.8 Å². The maximum absolute atomic E-state index is 13.9. The minimum Gasteiger partial charge on any atom is -0.352 e. The predicted molar refractivity (Wildman–Crippen MR) is 166 cm³/mol. The van der Waals surface area contributed by atoms with E-state index in [1.54, 1.807) is 30.0 Å². The van der Waals surface area contributed by atoms with Crippen molar-refractivity contribution in [3.8, 4) is 0 Å². The molecule has 0 aromatic heterocycles. The summed E-state index contributed by atoms with van der Waals surface area (Å²) in [5, 5.41) is 3.54. The lowest BCUT2D eigenvalue weighted by molar-refractivity contribution is -0.141. The molecule has 3 aromatic carbocycles. The second-order valence-electron chi connectivity index (χ2n) is 10.4. The van der Waals surface area contributed by atoms with Gasteiger partial charge < -0.3 is 10.2 Å². The van der Waals surface area contributed by atoms with Gasteiger partial charge in [-0.3, -0.25) is 13.9 Å². The van der Waals surface area contributed by atoms with Crippen LogP contribution < -0.4 is 9.62 Å². The Bertz CT molecular complexity index is 1400. The third kappa shape index (κ3) is 9.33. The highest BCUT2D eigenvalue weighted by atomic mass is 35.5. The summed E-state index contributed by atoms with van der Waals surface area (Å²) in [7, 11) is -3.63. The molecule has 3 aromatic rings. The molecule has 3 rings (SSSR count). The van der Waals surface area contributed by atoms with Crippen LogP contribution in [-0.4, -0.2) is 50.0 Å². The summed E-state index contributed by atoms with van der Waals surface area (Å²) in [5.74, 6) is -0.426. The van der Waals surface area contributed by atoms with E-state index in [-0.39, 0.29) is 43.8 Å². The van der Waals surface area contributed by atoms with Crippen LogP contribution in [0.3, 0.4) is 0 Å². The molecular formula is C32H40ClN3O4S. The van der Waals surface area contributed by atoms with Crippen LogP contribution in [0.2, 0.25) is 5.02 Å². The number of sulfonamides is 1. The zero-order chi connectivity index (χ0) is 30.0. The number of rotatable bonds is 14. The highest BCUT2D eigenvalue weighted by Crippen LogP contribution is 2.28. The number of amides is 2. The third-order valence-corrected chi connectivity index (χ3v) is 8.72. The number of nitrogens with one attached hydrogen (secondary N) is 1. The van der Waals surface area contributed by atoms with Gasteiger partial charge in [-0.05, 0) is 55.5 Å². The molecule has 0 unspecified atom stereocenters. The maximum Gasteiger partial charge on any atom is 0.243 e. The standard InChI is InChI=1S/C32H40ClN3O4S/c1-5-24(2)34-32(38)30(22-26-14-8-6-9-15-26)35(23-27-16-10-7-11-17-27)31(37)20-13-21-36(41(4,39)40)29-19-12-18-28(33)25(29)3/h6-12,14-19,24,30H,5,13,20-23H2,1-4H3,(H,34,38)/t24-,30+/m1/s1. The molecule has 7 nitrogen and oxygen atoms in total. The number of carbonyl (C=O) groups is 2. The first-order valence-electron chi connectivity index (χ1n) is 13.9. The predicted octanol–water partition coefficient (Wildman–Crippen LogP) is 5.75. The largest absolute Gasteiger partial charge is 0.352 e. The van der Waals surface area contributed by atoms with Crippen LogP contribution in [0, 0.1) is 6.92 Å². The second-order valence-corrected chi connectivity index (χ2v) is 12.7. The van der Waals surface area contributed by atoms with Gasteiger partial charge in [0.15, 0.2) is 0 Å². The molecule has 220 valence electrons. The molecule has 0 aliphatic heterocycles. The number of hydrogen-bond acceptors (Lipinski definition) is 4. The molecule has 0 saturated carbocycles. The summed E-state index contributed by atoms with van der Waals surface area (Å²) < 4.78 is 26.7. The lowest BCUT2D eigenvalue weighted by Crippen LogP contribution is -2.52. The summed E-state index contributed by atoms with van der Waals surface area (Å²) >= 11 is 6.27. The first-order valence-corrected chi connectivity index (χ1v) is 16.1. The Balaban J connectivity index is 1.89. The van der Waals surface area contributed by atoms with E-state index in [1.165, 1.54) is 4.31 Å². The van der Waals surface area contributed by atoms with Gasteiger partial charge >= 0.3 is 0 Å². The minimum absolute atomic E-state index is 0.0429. The Morgan fingerprint density at radius 3 is 2.12 bits per heavy atom. The molecule has 2 amide bonds. The van der Waals surface area contributed by atoms with Gasteiger partial charge in [0.05, 0.1) is 11.9 Å². The van der Waals surface area contributed by atoms with E-state index in [0.717, 1.165) is 23.8 Å². The van der Waals surface area contributed by atoms with E-state index in [0.29, 0.717) is 22.7 Å². The van der Waals surface area contributed by atoms with Crippen molar-refractivity contribution in [3.05, 3.63) is 101 Å². The van der Waals surface area contributed by atoms with Gasteiger partial charge in [0, 0.05) is 37.0 Å². The van der Waals surface area contributed by atoms with Gasteiger partial charge in [-0.15, -0.1) is 0 Å². The molecule has 9 heteroatoms. The highest BCUT2D eigenvalue weighted by molar-refractivity contribution is 7.92. The monoisotopic (exact) mass is 597 g/mol. The van der Waals surface area contributed by atoms with Gasteiger partial charge in [0.2, 0.25) is 21.8 Å². The molecule has 2 atom stereocenters. The molecule has 0 aliphatic rings. The van der Waals surface area contributed by atoms with Crippen molar-refractivity contribution in [3.63, 3.8) is 0 Å². The van der Waals surface area contributed by atoms with E-state index < -0.39 is 16.1 Å². The number of benzene rings is 3. The smallest absolute Gasteiger partial charge is 0.243 e. The summed E-state index contributed by atoms with van der Waals surface area (Å²) in [6.07, 6.45) is 2.61. The molecule has 0 saturated heterocycles. The normalized spacial score (nSPS) is 12.8. The summed E-state index contributed by atoms with van der Waals surface area (Å²) in [6, 6.07) is 23.6. The van der Waals surface area contributed by atoms with Gasteiger partial charge in [-0.25, -0.2) is 8.42 Å². The molecule has 0 radical (unpaired) electrons. The number of carbonyl (C=O) groups excluding carboxylic acids is 2.